The second kappa shape index (κ2) is 14.7. The van der Waals surface area contributed by atoms with E-state index in [0.29, 0.717) is 24.5 Å². The lowest BCUT2D eigenvalue weighted by molar-refractivity contribution is -0.0435. The maximum Gasteiger partial charge on any atom is 0.189 e. The summed E-state index contributed by atoms with van der Waals surface area (Å²) in [6.07, 6.45) is 0.455. The summed E-state index contributed by atoms with van der Waals surface area (Å²) >= 11 is 0. The molecule has 8 heteroatoms. The first kappa shape index (κ1) is 22.6. The predicted molar refractivity (Wildman–Crippen MR) is 93.1 cm³/mol. The summed E-state index contributed by atoms with van der Waals surface area (Å²) in [5.74, 6) is 1.14. The van der Waals surface area contributed by atoms with Crippen LogP contribution in [0.3, 0.4) is 0 Å². The molecule has 2 unspecified atom stereocenters. The van der Waals surface area contributed by atoms with Crippen molar-refractivity contribution in [1.82, 2.24) is 0 Å². The van der Waals surface area contributed by atoms with Crippen LogP contribution < -0.4 is 9.47 Å². The minimum absolute atomic E-state index is 0.00644. The van der Waals surface area contributed by atoms with Crippen molar-refractivity contribution in [3.8, 4) is 11.5 Å². The molecule has 0 saturated heterocycles. The normalized spacial score (nSPS) is 13.4. The van der Waals surface area contributed by atoms with Gasteiger partial charge in [-0.1, -0.05) is 0 Å². The van der Waals surface area contributed by atoms with Gasteiger partial charge in [-0.25, -0.2) is 0 Å². The van der Waals surface area contributed by atoms with Gasteiger partial charge in [0.25, 0.3) is 0 Å². The topological polar surface area (TPSA) is 97.6 Å². The number of unbranched alkanes of at least 4 members (excludes halogenated alkanes) is 2. The smallest absolute Gasteiger partial charge is 0.189 e. The highest BCUT2D eigenvalue weighted by Gasteiger charge is 2.06. The second-order valence-corrected chi connectivity index (χ2v) is 5.73. The van der Waals surface area contributed by atoms with Crippen LogP contribution >= 0.6 is 0 Å². The molecule has 7 nitrogen and oxygen atoms in total. The summed E-state index contributed by atoms with van der Waals surface area (Å²) in [6.45, 7) is 0.0651. The van der Waals surface area contributed by atoms with Crippen LogP contribution in [0.4, 0.5) is 4.39 Å². The lowest BCUT2D eigenvalue weighted by Gasteiger charge is -2.13. The van der Waals surface area contributed by atoms with Gasteiger partial charge in [-0.15, -0.1) is 0 Å². The summed E-state index contributed by atoms with van der Waals surface area (Å²) in [5, 5.41) is 27.5. The highest BCUT2D eigenvalue weighted by atomic mass is 19.1. The Morgan fingerprint density at radius 2 is 1.46 bits per heavy atom. The molecule has 0 saturated carbocycles. The number of ether oxygens (including phenoxy) is 4. The molecule has 0 aliphatic heterocycles. The molecule has 3 N–H and O–H groups in total. The number of hydrogen-bond donors (Lipinski definition) is 3. The van der Waals surface area contributed by atoms with E-state index in [-0.39, 0.29) is 39.9 Å². The third-order valence-corrected chi connectivity index (χ3v) is 3.33. The third kappa shape index (κ3) is 11.2. The molecule has 0 spiro atoms. The first-order valence-electron chi connectivity index (χ1n) is 8.69. The molecule has 150 valence electrons. The zero-order chi connectivity index (χ0) is 19.0. The van der Waals surface area contributed by atoms with E-state index in [1.807, 2.05) is 0 Å². The van der Waals surface area contributed by atoms with Gasteiger partial charge in [-0.3, -0.25) is 4.39 Å². The fourth-order valence-corrected chi connectivity index (χ4v) is 1.91. The molecular weight excluding hydrogens is 347 g/mol. The van der Waals surface area contributed by atoms with E-state index in [1.54, 1.807) is 24.3 Å². The Morgan fingerprint density at radius 1 is 0.808 bits per heavy atom. The van der Waals surface area contributed by atoms with Crippen LogP contribution in [-0.4, -0.2) is 74.0 Å². The van der Waals surface area contributed by atoms with E-state index in [1.165, 1.54) is 0 Å². The maximum atomic E-state index is 11.9. The van der Waals surface area contributed by atoms with Crippen molar-refractivity contribution in [2.45, 2.75) is 31.5 Å². The Hall–Kier alpha value is -1.45. The van der Waals surface area contributed by atoms with Crippen LogP contribution in [0.1, 0.15) is 19.3 Å². The molecule has 0 aliphatic carbocycles. The minimum atomic E-state index is -0.917. The van der Waals surface area contributed by atoms with Gasteiger partial charge in [0.1, 0.15) is 30.3 Å². The molecule has 1 aromatic rings. The molecule has 2 atom stereocenters. The van der Waals surface area contributed by atoms with E-state index in [9.17, 15) is 9.50 Å². The number of benzene rings is 1. The number of aliphatic hydroxyl groups is 3. The fourth-order valence-electron chi connectivity index (χ4n) is 1.91. The lowest BCUT2D eigenvalue weighted by Crippen LogP contribution is -2.23. The van der Waals surface area contributed by atoms with E-state index in [4.69, 9.17) is 29.2 Å². The van der Waals surface area contributed by atoms with Gasteiger partial charge in [-0.05, 0) is 43.5 Å². The Morgan fingerprint density at radius 3 is 2.12 bits per heavy atom. The van der Waals surface area contributed by atoms with Crippen molar-refractivity contribution < 1.29 is 38.7 Å². The monoisotopic (exact) mass is 376 g/mol. The van der Waals surface area contributed by atoms with Crippen molar-refractivity contribution in [3.05, 3.63) is 24.3 Å². The first-order valence-corrected chi connectivity index (χ1v) is 8.69. The van der Waals surface area contributed by atoms with Gasteiger partial charge < -0.3 is 34.3 Å². The fraction of sp³-hybridized carbons (Fsp3) is 0.667. The van der Waals surface area contributed by atoms with Gasteiger partial charge in [0.2, 0.25) is 0 Å². The average molecular weight is 376 g/mol. The molecule has 0 aliphatic rings. The highest BCUT2D eigenvalue weighted by molar-refractivity contribution is 5.31. The van der Waals surface area contributed by atoms with Gasteiger partial charge in [0.15, 0.2) is 6.79 Å². The Balaban J connectivity index is 2.12. The third-order valence-electron chi connectivity index (χ3n) is 3.33. The zero-order valence-corrected chi connectivity index (χ0v) is 14.9. The van der Waals surface area contributed by atoms with Gasteiger partial charge in [-0.2, -0.15) is 0 Å². The molecule has 1 rings (SSSR count). The summed E-state index contributed by atoms with van der Waals surface area (Å²) in [4.78, 5) is 0. The van der Waals surface area contributed by atoms with Crippen LogP contribution in [0, 0.1) is 0 Å². The van der Waals surface area contributed by atoms with E-state index >= 15 is 0 Å². The molecular formula is C18H29FO7. The van der Waals surface area contributed by atoms with Crippen molar-refractivity contribution in [2.75, 3.05) is 46.5 Å². The Labute approximate surface area is 153 Å². The van der Waals surface area contributed by atoms with Crippen LogP contribution in [0.5, 0.6) is 11.5 Å². The Bertz CT molecular complexity index is 444. The molecule has 0 aromatic heterocycles. The predicted octanol–water partition coefficient (Wildman–Crippen LogP) is 1.29. The second-order valence-electron chi connectivity index (χ2n) is 5.73. The van der Waals surface area contributed by atoms with Crippen LogP contribution in [0.15, 0.2) is 24.3 Å². The molecule has 1 aromatic carbocycles. The van der Waals surface area contributed by atoms with Crippen molar-refractivity contribution >= 4 is 0 Å². The number of alkyl halides is 1. The van der Waals surface area contributed by atoms with E-state index in [2.05, 4.69) is 0 Å². The molecule has 0 heterocycles. The minimum Gasteiger partial charge on any atom is -0.491 e. The first-order chi connectivity index (χ1) is 12.7. The zero-order valence-electron chi connectivity index (χ0n) is 14.9. The number of aliphatic hydroxyl groups excluding tert-OH is 3. The SMILES string of the molecule is OCC(O)COCOc1ccc(OCC(O)COCCCCCF)cc1. The average Bonchev–Trinajstić information content (AvgIpc) is 2.67. The van der Waals surface area contributed by atoms with E-state index < -0.39 is 12.2 Å². The summed E-state index contributed by atoms with van der Waals surface area (Å²) < 4.78 is 33.0. The van der Waals surface area contributed by atoms with Crippen molar-refractivity contribution in [3.63, 3.8) is 0 Å². The number of hydrogen-bond acceptors (Lipinski definition) is 7. The largest absolute Gasteiger partial charge is 0.491 e. The summed E-state index contributed by atoms with van der Waals surface area (Å²) in [7, 11) is 0. The van der Waals surface area contributed by atoms with E-state index in [0.717, 1.165) is 12.8 Å². The van der Waals surface area contributed by atoms with Gasteiger partial charge >= 0.3 is 0 Å². The van der Waals surface area contributed by atoms with Gasteiger partial charge in [0, 0.05) is 6.61 Å². The van der Waals surface area contributed by atoms with Crippen LogP contribution in [0.25, 0.3) is 0 Å². The quantitative estimate of drug-likeness (QED) is 0.295. The van der Waals surface area contributed by atoms with Crippen molar-refractivity contribution in [2.24, 2.45) is 0 Å². The summed E-state index contributed by atoms with van der Waals surface area (Å²) in [5.41, 5.74) is 0. The number of halogens is 1. The maximum absolute atomic E-state index is 11.9. The standard InChI is InChI=1S/C18H29FO7/c19-8-2-1-3-9-23-12-16(22)13-25-17-4-6-18(7-5-17)26-14-24-11-15(21)10-20/h4-7,15-16,20-22H,1-3,8-14H2. The molecule has 0 radical (unpaired) electrons. The molecule has 26 heavy (non-hydrogen) atoms. The summed E-state index contributed by atoms with van der Waals surface area (Å²) in [6, 6.07) is 6.77. The highest BCUT2D eigenvalue weighted by Crippen LogP contribution is 2.17. The van der Waals surface area contributed by atoms with Crippen LogP contribution in [0.2, 0.25) is 0 Å². The molecule has 0 bridgehead atoms. The number of rotatable bonds is 16. The van der Waals surface area contributed by atoms with Gasteiger partial charge in [0.05, 0.1) is 26.5 Å². The van der Waals surface area contributed by atoms with Crippen LogP contribution in [-0.2, 0) is 9.47 Å². The Kier molecular flexibility index (Phi) is 12.8. The molecule has 0 amide bonds. The molecule has 0 fully saturated rings. The lowest BCUT2D eigenvalue weighted by atomic mass is 10.2. The van der Waals surface area contributed by atoms with Crippen molar-refractivity contribution in [1.29, 1.82) is 0 Å².